The summed E-state index contributed by atoms with van der Waals surface area (Å²) in [5.74, 6) is -1.55. The fourth-order valence-corrected chi connectivity index (χ4v) is 1.12. The van der Waals surface area contributed by atoms with E-state index in [1.807, 2.05) is 20.8 Å². The second-order valence-electron chi connectivity index (χ2n) is 4.55. The van der Waals surface area contributed by atoms with Gasteiger partial charge >= 0.3 is 12.0 Å². The first-order chi connectivity index (χ1) is 8.23. The number of carboxylic acid groups (broad SMARTS) is 1. The van der Waals surface area contributed by atoms with Crippen molar-refractivity contribution in [3.8, 4) is 0 Å². The Kier molecular flexibility index (Phi) is 6.77. The number of carbonyl (C=O) groups excluding carboxylic acids is 2. The maximum Gasteiger partial charge on any atom is 0.326 e. The number of aliphatic carboxylic acids is 1. The number of primary amides is 1. The van der Waals surface area contributed by atoms with Crippen LogP contribution in [-0.2, 0) is 9.59 Å². The minimum Gasteiger partial charge on any atom is -0.480 e. The summed E-state index contributed by atoms with van der Waals surface area (Å²) >= 11 is 0. The summed E-state index contributed by atoms with van der Waals surface area (Å²) in [4.78, 5) is 33.0. The van der Waals surface area contributed by atoms with E-state index in [1.54, 1.807) is 0 Å². The van der Waals surface area contributed by atoms with Gasteiger partial charge in [-0.25, -0.2) is 9.59 Å². The van der Waals surface area contributed by atoms with Gasteiger partial charge in [-0.05, 0) is 19.3 Å². The van der Waals surface area contributed by atoms with Crippen molar-refractivity contribution in [2.24, 2.45) is 11.7 Å². The molecule has 0 saturated carbocycles. The number of nitrogens with two attached hydrogens (primary N) is 1. The van der Waals surface area contributed by atoms with E-state index in [1.165, 1.54) is 0 Å². The molecular weight excluding hydrogens is 238 g/mol. The molecule has 0 aromatic heterocycles. The van der Waals surface area contributed by atoms with Crippen molar-refractivity contribution < 1.29 is 19.5 Å². The molecule has 104 valence electrons. The Morgan fingerprint density at radius 3 is 2.11 bits per heavy atom. The lowest BCUT2D eigenvalue weighted by atomic mass is 10.1. The largest absolute Gasteiger partial charge is 0.480 e. The second-order valence-corrected chi connectivity index (χ2v) is 4.55. The lowest BCUT2D eigenvalue weighted by molar-refractivity contribution is -0.139. The van der Waals surface area contributed by atoms with E-state index in [9.17, 15) is 14.4 Å². The van der Waals surface area contributed by atoms with Crippen molar-refractivity contribution in [3.63, 3.8) is 0 Å². The van der Waals surface area contributed by atoms with Gasteiger partial charge in [0.25, 0.3) is 0 Å². The van der Waals surface area contributed by atoms with Gasteiger partial charge in [0, 0.05) is 12.5 Å². The van der Waals surface area contributed by atoms with Gasteiger partial charge in [-0.3, -0.25) is 4.79 Å². The van der Waals surface area contributed by atoms with Crippen molar-refractivity contribution in [2.45, 2.75) is 45.7 Å². The Hall–Kier alpha value is -1.79. The Morgan fingerprint density at radius 2 is 1.72 bits per heavy atom. The van der Waals surface area contributed by atoms with Gasteiger partial charge in [0.15, 0.2) is 0 Å². The molecule has 0 fully saturated rings. The molecule has 0 heterocycles. The van der Waals surface area contributed by atoms with E-state index < -0.39 is 23.9 Å². The molecule has 0 aliphatic rings. The molecule has 2 unspecified atom stereocenters. The first kappa shape index (κ1) is 16.2. The molecule has 0 saturated heterocycles. The van der Waals surface area contributed by atoms with Crippen LogP contribution in [-0.4, -0.2) is 35.1 Å². The van der Waals surface area contributed by atoms with Crippen molar-refractivity contribution in [1.82, 2.24) is 10.6 Å². The van der Waals surface area contributed by atoms with Gasteiger partial charge in [-0.1, -0.05) is 13.8 Å². The highest BCUT2D eigenvalue weighted by Crippen LogP contribution is 2.01. The zero-order valence-corrected chi connectivity index (χ0v) is 10.9. The van der Waals surface area contributed by atoms with Crippen LogP contribution in [0.25, 0.3) is 0 Å². The van der Waals surface area contributed by atoms with Gasteiger partial charge in [0.05, 0.1) is 0 Å². The molecule has 7 nitrogen and oxygen atoms in total. The van der Waals surface area contributed by atoms with E-state index in [4.69, 9.17) is 10.8 Å². The topological polar surface area (TPSA) is 122 Å². The molecule has 0 radical (unpaired) electrons. The van der Waals surface area contributed by atoms with Crippen LogP contribution in [0.3, 0.4) is 0 Å². The second kappa shape index (κ2) is 7.52. The zero-order chi connectivity index (χ0) is 14.3. The summed E-state index contributed by atoms with van der Waals surface area (Å²) in [6.07, 6.45) is -0.106. The number of carboxylic acids is 1. The maximum atomic E-state index is 11.5. The molecule has 5 N–H and O–H groups in total. The molecule has 0 aliphatic heterocycles. The van der Waals surface area contributed by atoms with E-state index in [2.05, 4.69) is 10.6 Å². The molecule has 7 heteroatoms. The molecule has 0 aromatic carbocycles. The van der Waals surface area contributed by atoms with Crippen molar-refractivity contribution >= 4 is 17.9 Å². The number of hydrogen-bond donors (Lipinski definition) is 4. The van der Waals surface area contributed by atoms with Crippen LogP contribution in [0.15, 0.2) is 0 Å². The first-order valence-electron chi connectivity index (χ1n) is 5.82. The van der Waals surface area contributed by atoms with Gasteiger partial charge in [0.1, 0.15) is 6.04 Å². The highest BCUT2D eigenvalue weighted by molar-refractivity contribution is 5.83. The van der Waals surface area contributed by atoms with Crippen molar-refractivity contribution in [3.05, 3.63) is 0 Å². The third kappa shape index (κ3) is 6.72. The fourth-order valence-electron chi connectivity index (χ4n) is 1.12. The molecule has 0 rings (SSSR count). The molecule has 18 heavy (non-hydrogen) atoms. The molecule has 0 bridgehead atoms. The van der Waals surface area contributed by atoms with Crippen LogP contribution in [0.4, 0.5) is 4.79 Å². The van der Waals surface area contributed by atoms with Crippen LogP contribution in [0.1, 0.15) is 33.6 Å². The molecule has 3 amide bonds. The molecule has 0 aliphatic carbocycles. The maximum absolute atomic E-state index is 11.5. The highest BCUT2D eigenvalue weighted by atomic mass is 16.4. The predicted molar refractivity (Wildman–Crippen MR) is 65.8 cm³/mol. The molecule has 2 atom stereocenters. The summed E-state index contributed by atoms with van der Waals surface area (Å²) in [5, 5.41) is 13.8. The van der Waals surface area contributed by atoms with E-state index in [0.29, 0.717) is 0 Å². The molecular formula is C11H21N3O4. The van der Waals surface area contributed by atoms with Crippen LogP contribution in [0.2, 0.25) is 0 Å². The quantitative estimate of drug-likeness (QED) is 0.516. The Morgan fingerprint density at radius 1 is 1.17 bits per heavy atom. The number of carbonyl (C=O) groups is 3. The van der Waals surface area contributed by atoms with E-state index >= 15 is 0 Å². The van der Waals surface area contributed by atoms with Gasteiger partial charge in [-0.2, -0.15) is 0 Å². The summed E-state index contributed by atoms with van der Waals surface area (Å²) in [5.41, 5.74) is 4.93. The fraction of sp³-hybridized carbons (Fsp3) is 0.727. The first-order valence-corrected chi connectivity index (χ1v) is 5.82. The Balaban J connectivity index is 4.28. The predicted octanol–water partition coefficient (Wildman–Crippen LogP) is 0.0488. The normalized spacial score (nSPS) is 13.8. The SMILES string of the molecule is CC(C)C(C)NC(=O)NC(CCC(N)=O)C(=O)O. The standard InChI is InChI=1S/C11H21N3O4/c1-6(2)7(3)13-11(18)14-8(10(16)17)4-5-9(12)15/h6-8H,4-5H2,1-3H3,(H2,12,15)(H,16,17)(H2,13,14,18). The minimum atomic E-state index is -1.19. The van der Waals surface area contributed by atoms with Crippen molar-refractivity contribution in [2.75, 3.05) is 0 Å². The third-order valence-corrected chi connectivity index (χ3v) is 2.64. The lowest BCUT2D eigenvalue weighted by Gasteiger charge is -2.20. The number of urea groups is 1. The Labute approximate surface area is 106 Å². The number of amides is 3. The summed E-state index contributed by atoms with van der Waals surface area (Å²) in [7, 11) is 0. The van der Waals surface area contributed by atoms with Crippen molar-refractivity contribution in [1.29, 1.82) is 0 Å². The van der Waals surface area contributed by atoms with Crippen LogP contribution < -0.4 is 16.4 Å². The monoisotopic (exact) mass is 259 g/mol. The number of rotatable bonds is 7. The van der Waals surface area contributed by atoms with Gasteiger partial charge < -0.3 is 21.5 Å². The average Bonchev–Trinajstić information content (AvgIpc) is 2.23. The molecule has 0 spiro atoms. The zero-order valence-electron chi connectivity index (χ0n) is 10.9. The highest BCUT2D eigenvalue weighted by Gasteiger charge is 2.21. The van der Waals surface area contributed by atoms with Crippen LogP contribution in [0.5, 0.6) is 0 Å². The third-order valence-electron chi connectivity index (χ3n) is 2.64. The van der Waals surface area contributed by atoms with Gasteiger partial charge in [-0.15, -0.1) is 0 Å². The molecule has 0 aromatic rings. The lowest BCUT2D eigenvalue weighted by Crippen LogP contribution is -2.49. The number of nitrogens with one attached hydrogen (secondary N) is 2. The van der Waals surface area contributed by atoms with E-state index in [0.717, 1.165) is 0 Å². The van der Waals surface area contributed by atoms with E-state index in [-0.39, 0.29) is 24.8 Å². The minimum absolute atomic E-state index is 0.0197. The number of hydrogen-bond acceptors (Lipinski definition) is 3. The average molecular weight is 259 g/mol. The summed E-state index contributed by atoms with van der Waals surface area (Å²) in [6.45, 7) is 5.70. The van der Waals surface area contributed by atoms with Crippen LogP contribution >= 0.6 is 0 Å². The van der Waals surface area contributed by atoms with Gasteiger partial charge in [0.2, 0.25) is 5.91 Å². The summed E-state index contributed by atoms with van der Waals surface area (Å²) < 4.78 is 0. The smallest absolute Gasteiger partial charge is 0.326 e. The Bertz CT molecular complexity index is 317. The van der Waals surface area contributed by atoms with Crippen LogP contribution in [0, 0.1) is 5.92 Å². The summed E-state index contributed by atoms with van der Waals surface area (Å²) in [6, 6.07) is -1.75.